The van der Waals surface area contributed by atoms with E-state index in [4.69, 9.17) is 10.2 Å². The Kier molecular flexibility index (Phi) is 11.5. The summed E-state index contributed by atoms with van der Waals surface area (Å²) >= 11 is 4.65. The molecule has 0 radical (unpaired) electrons. The fourth-order valence-corrected chi connectivity index (χ4v) is 3.97. The van der Waals surface area contributed by atoms with Crippen LogP contribution in [0.25, 0.3) is 22.3 Å². The molecule has 9 heteroatoms. The van der Waals surface area contributed by atoms with Crippen LogP contribution in [0.4, 0.5) is 5.69 Å². The van der Waals surface area contributed by atoms with Crippen molar-refractivity contribution < 1.29 is 30.6 Å². The van der Waals surface area contributed by atoms with E-state index in [1.807, 2.05) is 61.6 Å². The second-order valence-electron chi connectivity index (χ2n) is 7.82. The van der Waals surface area contributed by atoms with Gasteiger partial charge in [-0.3, -0.25) is 4.98 Å². The molecular formula is C28H23I2N2O4Pd-. The largest absolute Gasteiger partial charge is 0.265 e. The van der Waals surface area contributed by atoms with Crippen molar-refractivity contribution in [3.63, 3.8) is 0 Å². The van der Waals surface area contributed by atoms with Crippen molar-refractivity contribution in [3.8, 4) is 22.3 Å². The third-order valence-corrected chi connectivity index (χ3v) is 5.66. The van der Waals surface area contributed by atoms with Gasteiger partial charge < -0.3 is 15.1 Å². The number of benzene rings is 3. The first-order valence-electron chi connectivity index (χ1n) is 10.9. The molecule has 1 aliphatic heterocycles. The molecule has 194 valence electrons. The third-order valence-electron chi connectivity index (χ3n) is 5.66. The minimum atomic E-state index is -0.942. The number of nitrogens with zero attached hydrogens (tertiary/aromatic N) is 2. The predicted octanol–water partition coefficient (Wildman–Crippen LogP) is 7.42. The van der Waals surface area contributed by atoms with Crippen LogP contribution in [-0.4, -0.2) is 34.2 Å². The van der Waals surface area contributed by atoms with Crippen molar-refractivity contribution in [3.05, 3.63) is 114 Å². The van der Waals surface area contributed by atoms with E-state index in [9.17, 15) is 9.59 Å². The Hall–Kier alpha value is -2.33. The molecule has 0 saturated heterocycles. The number of carbonyl (C=O) groups is 2. The first-order valence-corrected chi connectivity index (χ1v) is 20.2. The summed E-state index contributed by atoms with van der Waals surface area (Å²) in [6.45, 7) is 2.11. The number of halogens is 2. The number of aromatic carboxylic acids is 2. The molecule has 0 saturated carbocycles. The van der Waals surface area contributed by atoms with Crippen molar-refractivity contribution in [1.82, 2.24) is 4.98 Å². The average molecular weight is 812 g/mol. The molecule has 0 fully saturated rings. The van der Waals surface area contributed by atoms with Crippen LogP contribution in [-0.2, 0) is 17.2 Å². The zero-order valence-corrected chi connectivity index (χ0v) is 25.5. The molecule has 2 heterocycles. The summed E-state index contributed by atoms with van der Waals surface area (Å²) in [5, 5.41) is 18.2. The van der Waals surface area contributed by atoms with Crippen molar-refractivity contribution in [1.29, 1.82) is 0 Å². The topological polar surface area (TPSA) is 90.7 Å². The molecule has 1 aromatic heterocycles. The number of pyridine rings is 1. The molecule has 0 atom stereocenters. The Bertz CT molecular complexity index is 1310. The van der Waals surface area contributed by atoms with Gasteiger partial charge in [-0.2, -0.15) is 0 Å². The predicted molar refractivity (Wildman–Crippen MR) is 160 cm³/mol. The summed E-state index contributed by atoms with van der Waals surface area (Å²) < 4.78 is 0. The van der Waals surface area contributed by atoms with Gasteiger partial charge in [0.2, 0.25) is 0 Å². The van der Waals surface area contributed by atoms with E-state index < -0.39 is 11.9 Å². The summed E-state index contributed by atoms with van der Waals surface area (Å²) in [6.07, 6.45) is 4.28. The van der Waals surface area contributed by atoms with E-state index >= 15 is 0 Å². The minimum Gasteiger partial charge on any atom is -0.265 e. The zero-order chi connectivity index (χ0) is 26.8. The smallest absolute Gasteiger partial charge is 0.0267 e. The summed E-state index contributed by atoms with van der Waals surface area (Å²) in [5.41, 5.74) is 6.81. The fraction of sp³-hybridized carbons (Fsp3) is 0.0714. The molecule has 37 heavy (non-hydrogen) atoms. The van der Waals surface area contributed by atoms with Crippen molar-refractivity contribution in [2.75, 3.05) is 11.9 Å². The first-order chi connectivity index (χ1) is 17.9. The Morgan fingerprint density at radius 1 is 0.811 bits per heavy atom. The van der Waals surface area contributed by atoms with Gasteiger partial charge in [0.25, 0.3) is 0 Å². The normalized spacial score (nSPS) is 11.5. The number of anilines is 1. The molecule has 1 aliphatic rings. The van der Waals surface area contributed by atoms with Crippen LogP contribution in [0.2, 0.25) is 0 Å². The number of fused-ring (bicyclic) bond motifs is 1. The Labute approximate surface area is 245 Å². The van der Waals surface area contributed by atoms with E-state index in [1.165, 1.54) is 5.56 Å². The van der Waals surface area contributed by atoms with Gasteiger partial charge in [-0.15, -0.1) is 6.42 Å². The zero-order valence-electron chi connectivity index (χ0n) is 19.6. The Balaban J connectivity index is 0.000000360. The minimum absolute atomic E-state index is 0.260. The summed E-state index contributed by atoms with van der Waals surface area (Å²) in [4.78, 5) is 28.1. The Morgan fingerprint density at radius 2 is 1.27 bits per heavy atom. The van der Waals surface area contributed by atoms with E-state index in [0.29, 0.717) is 0 Å². The average Bonchev–Trinajstić information content (AvgIpc) is 3.32. The summed E-state index contributed by atoms with van der Waals surface area (Å²) in [5.74, 6) is -1.88. The number of rotatable bonds is 4. The van der Waals surface area contributed by atoms with Crippen molar-refractivity contribution in [2.24, 2.45) is 0 Å². The van der Waals surface area contributed by atoms with Gasteiger partial charge in [0.15, 0.2) is 0 Å². The molecule has 0 spiro atoms. The summed E-state index contributed by atoms with van der Waals surface area (Å²) in [6, 6.07) is 23.6. The second-order valence-corrected chi connectivity index (χ2v) is 19.8. The third kappa shape index (κ3) is 7.83. The SMILES string of the molecule is CN1[CH-]Cc2c(-c3ccc(C(=O)O)cc3)ccc(-c3ccc(C(=O)O)cc3)c21.[I][Pd][I].c1ccncc1. The number of likely N-dealkylation sites (N-methyl/N-ethyl adjacent to an activating group) is 1. The maximum absolute atomic E-state index is 11.1. The number of hydrogen-bond acceptors (Lipinski definition) is 4. The first kappa shape index (κ1) is 29.2. The molecule has 0 bridgehead atoms. The van der Waals surface area contributed by atoms with E-state index in [0.717, 1.165) is 45.1 Å². The molecule has 4 aromatic rings. The maximum atomic E-state index is 11.1. The molecule has 5 rings (SSSR count). The summed E-state index contributed by atoms with van der Waals surface area (Å²) in [7, 11) is 2.89. The number of aromatic nitrogens is 1. The quantitative estimate of drug-likeness (QED) is 0.127. The molecular weight excluding hydrogens is 789 g/mol. The number of hydrogen-bond donors (Lipinski definition) is 2. The second kappa shape index (κ2) is 14.6. The monoisotopic (exact) mass is 811 g/mol. The molecule has 2 N–H and O–H groups in total. The molecule has 6 nitrogen and oxygen atoms in total. The van der Waals surface area contributed by atoms with E-state index in [1.54, 1.807) is 36.7 Å². The van der Waals surface area contributed by atoms with Gasteiger partial charge in [-0.25, -0.2) is 16.1 Å². The van der Waals surface area contributed by atoms with Crippen LogP contribution in [0, 0.1) is 6.54 Å². The van der Waals surface area contributed by atoms with Gasteiger partial charge in [0, 0.05) is 23.6 Å². The van der Waals surface area contributed by atoms with Crippen LogP contribution < -0.4 is 4.90 Å². The van der Waals surface area contributed by atoms with Crippen LogP contribution in [0.5, 0.6) is 0 Å². The van der Waals surface area contributed by atoms with Gasteiger partial charge in [0.1, 0.15) is 0 Å². The van der Waals surface area contributed by atoms with Crippen LogP contribution in [0.1, 0.15) is 26.3 Å². The molecule has 3 aromatic carbocycles. The van der Waals surface area contributed by atoms with Gasteiger partial charge in [-0.1, -0.05) is 42.5 Å². The molecule has 0 aliphatic carbocycles. The molecule has 0 unspecified atom stereocenters. The maximum Gasteiger partial charge on any atom is 0.0267 e. The fourth-order valence-electron chi connectivity index (χ4n) is 3.97. The Morgan fingerprint density at radius 3 is 1.68 bits per heavy atom. The van der Waals surface area contributed by atoms with E-state index in [2.05, 4.69) is 55.5 Å². The number of carboxylic acid groups (broad SMARTS) is 2. The van der Waals surface area contributed by atoms with Crippen LogP contribution in [0.3, 0.4) is 0 Å². The van der Waals surface area contributed by atoms with E-state index in [-0.39, 0.29) is 11.1 Å². The van der Waals surface area contributed by atoms with Crippen molar-refractivity contribution in [2.45, 2.75) is 6.42 Å². The van der Waals surface area contributed by atoms with Gasteiger partial charge >= 0.3 is 61.7 Å². The standard InChI is InChI=1S/C23H18NO4.C5H5N.2HI.Pd/c1-24-13-12-20-18(14-2-6-16(7-3-14)22(25)26)10-11-19(21(20)24)15-4-8-17(9-5-15)23(27)28;1-2-4-6-5-3-1;;;/h2-11,13H,12H2,1H3,(H,25,26)(H,27,28);1-5H;2*1H;/q-1;;;;+2/p-2. The van der Waals surface area contributed by atoms with Crippen LogP contribution >= 0.6 is 39.0 Å². The van der Waals surface area contributed by atoms with Gasteiger partial charge in [-0.05, 0) is 65.7 Å². The van der Waals surface area contributed by atoms with Crippen LogP contribution in [0.15, 0.2) is 91.3 Å². The van der Waals surface area contributed by atoms with Crippen molar-refractivity contribution >= 4 is 56.7 Å². The van der Waals surface area contributed by atoms with Gasteiger partial charge in [0.05, 0.1) is 11.1 Å². The number of carboxylic acids is 2. The molecule has 0 amide bonds.